The second kappa shape index (κ2) is 5.19. The molecule has 0 heterocycles. The molecule has 2 rings (SSSR count). The van der Waals surface area contributed by atoms with Gasteiger partial charge in [-0.1, -0.05) is 52.3 Å². The van der Waals surface area contributed by atoms with Gasteiger partial charge in [0.15, 0.2) is 0 Å². The van der Waals surface area contributed by atoms with Crippen molar-refractivity contribution >= 4 is 48.6 Å². The van der Waals surface area contributed by atoms with Gasteiger partial charge in [0.05, 0.1) is 0 Å². The zero-order valence-electron chi connectivity index (χ0n) is 8.86. The fourth-order valence-corrected chi connectivity index (χ4v) is 2.72. The van der Waals surface area contributed by atoms with E-state index in [4.69, 9.17) is 5.11 Å². The van der Waals surface area contributed by atoms with Crippen LogP contribution >= 0.6 is 31.9 Å². The van der Waals surface area contributed by atoms with Gasteiger partial charge >= 0.3 is 5.97 Å². The zero-order chi connectivity index (χ0) is 12.4. The Morgan fingerprint density at radius 2 is 1.94 bits per heavy atom. The molecule has 88 valence electrons. The van der Waals surface area contributed by atoms with Crippen LogP contribution < -0.4 is 0 Å². The average Bonchev–Trinajstić information content (AvgIpc) is 2.33. The minimum Gasteiger partial charge on any atom is -0.480 e. The van der Waals surface area contributed by atoms with Gasteiger partial charge in [-0.15, -0.1) is 0 Å². The molecule has 4 heteroatoms. The van der Waals surface area contributed by atoms with Crippen LogP contribution in [0.4, 0.5) is 0 Å². The van der Waals surface area contributed by atoms with Crippen LogP contribution in [0, 0.1) is 0 Å². The standard InChI is InChI=1S/C13H10Br2O2/c14-11(13(16)17)7-9-6-5-8-3-1-2-4-10(8)12(9)15/h1-6,11H,7H2,(H,16,17)/t11-/m1/s1. The van der Waals surface area contributed by atoms with Crippen LogP contribution in [0.2, 0.25) is 0 Å². The molecule has 0 aliphatic rings. The van der Waals surface area contributed by atoms with Crippen molar-refractivity contribution in [3.8, 4) is 0 Å². The van der Waals surface area contributed by atoms with Gasteiger partial charge in [-0.3, -0.25) is 4.79 Å². The summed E-state index contributed by atoms with van der Waals surface area (Å²) in [6.45, 7) is 0. The van der Waals surface area contributed by atoms with Gasteiger partial charge in [0.25, 0.3) is 0 Å². The number of carboxylic acids is 1. The van der Waals surface area contributed by atoms with Crippen LogP contribution in [0.25, 0.3) is 10.8 Å². The van der Waals surface area contributed by atoms with E-state index in [1.807, 2.05) is 36.4 Å². The molecule has 0 aromatic heterocycles. The molecule has 1 atom stereocenters. The maximum Gasteiger partial charge on any atom is 0.317 e. The lowest BCUT2D eigenvalue weighted by Gasteiger charge is -2.09. The second-order valence-electron chi connectivity index (χ2n) is 3.77. The fourth-order valence-electron chi connectivity index (χ4n) is 1.72. The van der Waals surface area contributed by atoms with Crippen molar-refractivity contribution in [3.05, 3.63) is 46.4 Å². The number of halogens is 2. The number of hydrogen-bond donors (Lipinski definition) is 1. The number of fused-ring (bicyclic) bond motifs is 1. The molecule has 17 heavy (non-hydrogen) atoms. The molecule has 2 aromatic rings. The van der Waals surface area contributed by atoms with Crippen molar-refractivity contribution in [1.82, 2.24) is 0 Å². The summed E-state index contributed by atoms with van der Waals surface area (Å²) >= 11 is 6.70. The number of carboxylic acid groups (broad SMARTS) is 1. The van der Waals surface area contributed by atoms with Crippen LogP contribution in [0.15, 0.2) is 40.9 Å². The molecule has 0 spiro atoms. The summed E-state index contributed by atoms with van der Waals surface area (Å²) in [5.74, 6) is -0.843. The third-order valence-electron chi connectivity index (χ3n) is 2.61. The Bertz CT molecular complexity index is 566. The summed E-state index contributed by atoms with van der Waals surface area (Å²) in [5.41, 5.74) is 0.993. The molecule has 0 bridgehead atoms. The molecule has 0 aliphatic heterocycles. The van der Waals surface area contributed by atoms with E-state index < -0.39 is 10.8 Å². The molecule has 0 saturated heterocycles. The lowest BCUT2D eigenvalue weighted by Crippen LogP contribution is -2.15. The predicted molar refractivity (Wildman–Crippen MR) is 75.7 cm³/mol. The molecule has 2 aromatic carbocycles. The van der Waals surface area contributed by atoms with Crippen molar-refractivity contribution in [2.24, 2.45) is 0 Å². The third-order valence-corrected chi connectivity index (χ3v) is 4.26. The summed E-state index contributed by atoms with van der Waals surface area (Å²) in [6, 6.07) is 12.0. The monoisotopic (exact) mass is 356 g/mol. The van der Waals surface area contributed by atoms with E-state index >= 15 is 0 Å². The van der Waals surface area contributed by atoms with Crippen molar-refractivity contribution in [2.45, 2.75) is 11.2 Å². The molecule has 0 aliphatic carbocycles. The van der Waals surface area contributed by atoms with Gasteiger partial charge in [-0.25, -0.2) is 0 Å². The highest BCUT2D eigenvalue weighted by Gasteiger charge is 2.16. The van der Waals surface area contributed by atoms with Gasteiger partial charge < -0.3 is 5.11 Å². The van der Waals surface area contributed by atoms with Crippen molar-refractivity contribution < 1.29 is 9.90 Å². The first-order chi connectivity index (χ1) is 8.09. The summed E-state index contributed by atoms with van der Waals surface area (Å²) in [5, 5.41) is 11.1. The molecule has 0 fully saturated rings. The van der Waals surface area contributed by atoms with Crippen molar-refractivity contribution in [3.63, 3.8) is 0 Å². The van der Waals surface area contributed by atoms with Gasteiger partial charge in [0.1, 0.15) is 4.83 Å². The van der Waals surface area contributed by atoms with Crippen LogP contribution in [0.1, 0.15) is 5.56 Å². The second-order valence-corrected chi connectivity index (χ2v) is 5.67. The summed E-state index contributed by atoms with van der Waals surface area (Å²) < 4.78 is 0.973. The molecule has 0 unspecified atom stereocenters. The highest BCUT2D eigenvalue weighted by atomic mass is 79.9. The molecule has 2 nitrogen and oxygen atoms in total. The number of alkyl halides is 1. The number of carbonyl (C=O) groups is 1. The highest BCUT2D eigenvalue weighted by Crippen LogP contribution is 2.29. The Morgan fingerprint density at radius 1 is 1.24 bits per heavy atom. The summed E-state index contributed by atoms with van der Waals surface area (Å²) in [6.07, 6.45) is 0.459. The molecular weight excluding hydrogens is 348 g/mol. The number of aliphatic carboxylic acids is 1. The largest absolute Gasteiger partial charge is 0.480 e. The SMILES string of the molecule is O=C(O)[C@H](Br)Cc1ccc2ccccc2c1Br. The molecule has 0 radical (unpaired) electrons. The van der Waals surface area contributed by atoms with E-state index in [0.29, 0.717) is 6.42 Å². The van der Waals surface area contributed by atoms with Gasteiger partial charge in [0, 0.05) is 4.47 Å². The molecule has 0 saturated carbocycles. The minimum atomic E-state index is -0.843. The number of benzene rings is 2. The Labute approximate surface area is 116 Å². The van der Waals surface area contributed by atoms with Gasteiger partial charge in [0.2, 0.25) is 0 Å². The average molecular weight is 358 g/mol. The normalized spacial score (nSPS) is 12.6. The van der Waals surface area contributed by atoms with E-state index in [2.05, 4.69) is 31.9 Å². The lowest BCUT2D eigenvalue weighted by atomic mass is 10.0. The first-order valence-corrected chi connectivity index (χ1v) is 6.83. The quantitative estimate of drug-likeness (QED) is 0.843. The maximum absolute atomic E-state index is 10.8. The Kier molecular flexibility index (Phi) is 3.84. The van der Waals surface area contributed by atoms with Crippen LogP contribution in [-0.4, -0.2) is 15.9 Å². The lowest BCUT2D eigenvalue weighted by molar-refractivity contribution is -0.136. The first kappa shape index (κ1) is 12.6. The minimum absolute atomic E-state index is 0.459. The topological polar surface area (TPSA) is 37.3 Å². The zero-order valence-corrected chi connectivity index (χ0v) is 12.0. The number of rotatable bonds is 3. The van der Waals surface area contributed by atoms with Crippen molar-refractivity contribution in [1.29, 1.82) is 0 Å². The van der Waals surface area contributed by atoms with E-state index in [1.54, 1.807) is 0 Å². The fraction of sp³-hybridized carbons (Fsp3) is 0.154. The Hall–Kier alpha value is -0.870. The summed E-state index contributed by atoms with van der Waals surface area (Å²) in [4.78, 5) is 10.3. The van der Waals surface area contributed by atoms with Gasteiger partial charge in [-0.2, -0.15) is 0 Å². The van der Waals surface area contributed by atoms with E-state index in [-0.39, 0.29) is 0 Å². The van der Waals surface area contributed by atoms with Gasteiger partial charge in [-0.05, 0) is 38.7 Å². The Balaban J connectivity index is 2.42. The van der Waals surface area contributed by atoms with Crippen LogP contribution in [0.5, 0.6) is 0 Å². The maximum atomic E-state index is 10.8. The molecule has 0 amide bonds. The van der Waals surface area contributed by atoms with E-state index in [0.717, 1.165) is 20.8 Å². The molecule has 1 N–H and O–H groups in total. The summed E-state index contributed by atoms with van der Waals surface area (Å²) in [7, 11) is 0. The van der Waals surface area contributed by atoms with E-state index in [1.165, 1.54) is 0 Å². The first-order valence-electron chi connectivity index (χ1n) is 5.12. The smallest absolute Gasteiger partial charge is 0.317 e. The predicted octanol–water partition coefficient (Wildman–Crippen LogP) is 3.99. The van der Waals surface area contributed by atoms with Crippen molar-refractivity contribution in [2.75, 3.05) is 0 Å². The van der Waals surface area contributed by atoms with Crippen LogP contribution in [0.3, 0.4) is 0 Å². The van der Waals surface area contributed by atoms with E-state index in [9.17, 15) is 4.79 Å². The number of hydrogen-bond acceptors (Lipinski definition) is 1. The van der Waals surface area contributed by atoms with Crippen LogP contribution in [-0.2, 0) is 11.2 Å². The highest BCUT2D eigenvalue weighted by molar-refractivity contribution is 9.10. The molecular formula is C13H10Br2O2. The third kappa shape index (κ3) is 2.69. The Morgan fingerprint density at radius 3 is 2.65 bits per heavy atom.